The molecule has 1 saturated heterocycles. The van der Waals surface area contributed by atoms with E-state index in [4.69, 9.17) is 4.74 Å². The van der Waals surface area contributed by atoms with Gasteiger partial charge < -0.3 is 20.3 Å². The zero-order valence-electron chi connectivity index (χ0n) is 9.47. The lowest BCUT2D eigenvalue weighted by Gasteiger charge is -2.34. The standard InChI is InChI=1S/C12H17NO3/c1-7-6-13-8(2)12(16-7)9-3-4-10(14)11(15)5-9/h3-5,7-8,12-15H,6H2,1-2H3. The predicted molar refractivity (Wildman–Crippen MR) is 60.5 cm³/mol. The number of benzene rings is 1. The minimum atomic E-state index is -0.105. The van der Waals surface area contributed by atoms with Crippen LogP contribution in [-0.2, 0) is 4.74 Å². The molecule has 0 saturated carbocycles. The quantitative estimate of drug-likeness (QED) is 0.632. The number of morpholine rings is 1. The van der Waals surface area contributed by atoms with Gasteiger partial charge in [0.05, 0.1) is 12.2 Å². The Kier molecular flexibility index (Phi) is 3.03. The molecule has 1 fully saturated rings. The number of ether oxygens (including phenoxy) is 1. The smallest absolute Gasteiger partial charge is 0.157 e. The molecule has 1 aliphatic heterocycles. The fraction of sp³-hybridized carbons (Fsp3) is 0.500. The van der Waals surface area contributed by atoms with Crippen LogP contribution in [-0.4, -0.2) is 28.9 Å². The van der Waals surface area contributed by atoms with Crippen molar-refractivity contribution < 1.29 is 14.9 Å². The number of nitrogens with one attached hydrogen (secondary N) is 1. The van der Waals surface area contributed by atoms with Gasteiger partial charge in [0.2, 0.25) is 0 Å². The second-order valence-corrected chi connectivity index (χ2v) is 4.31. The lowest BCUT2D eigenvalue weighted by atomic mass is 10.0. The molecule has 1 aromatic carbocycles. The maximum absolute atomic E-state index is 9.46. The Labute approximate surface area is 94.9 Å². The van der Waals surface area contributed by atoms with Crippen LogP contribution >= 0.6 is 0 Å². The molecule has 88 valence electrons. The molecule has 1 aromatic rings. The molecule has 0 aliphatic carbocycles. The third-order valence-corrected chi connectivity index (χ3v) is 2.89. The topological polar surface area (TPSA) is 61.7 Å². The fourth-order valence-corrected chi connectivity index (χ4v) is 1.96. The second kappa shape index (κ2) is 4.31. The highest BCUT2D eigenvalue weighted by atomic mass is 16.5. The molecule has 3 atom stereocenters. The number of aromatic hydroxyl groups is 2. The molecule has 4 nitrogen and oxygen atoms in total. The van der Waals surface area contributed by atoms with Gasteiger partial charge in [-0.25, -0.2) is 0 Å². The predicted octanol–water partition coefficient (Wildman–Crippen LogP) is 1.54. The van der Waals surface area contributed by atoms with E-state index in [0.29, 0.717) is 0 Å². The third-order valence-electron chi connectivity index (χ3n) is 2.89. The summed E-state index contributed by atoms with van der Waals surface area (Å²) in [5.41, 5.74) is 0.877. The summed E-state index contributed by atoms with van der Waals surface area (Å²) in [4.78, 5) is 0. The summed E-state index contributed by atoms with van der Waals surface area (Å²) in [6, 6.07) is 5.01. The summed E-state index contributed by atoms with van der Waals surface area (Å²) in [5, 5.41) is 22.1. The van der Waals surface area contributed by atoms with Crippen LogP contribution in [0.5, 0.6) is 11.5 Å². The average molecular weight is 223 g/mol. The molecule has 3 N–H and O–H groups in total. The molecule has 3 unspecified atom stereocenters. The van der Waals surface area contributed by atoms with E-state index in [0.717, 1.165) is 12.1 Å². The number of phenols is 2. The maximum Gasteiger partial charge on any atom is 0.157 e. The number of phenolic OH excluding ortho intramolecular Hbond substituents is 2. The van der Waals surface area contributed by atoms with Crippen LogP contribution in [0.2, 0.25) is 0 Å². The first-order valence-electron chi connectivity index (χ1n) is 5.48. The van der Waals surface area contributed by atoms with E-state index in [2.05, 4.69) is 5.32 Å². The van der Waals surface area contributed by atoms with Gasteiger partial charge in [-0.15, -0.1) is 0 Å². The van der Waals surface area contributed by atoms with Crippen molar-refractivity contribution >= 4 is 0 Å². The van der Waals surface area contributed by atoms with Crippen molar-refractivity contribution in [3.8, 4) is 11.5 Å². The molecule has 0 amide bonds. The lowest BCUT2D eigenvalue weighted by Crippen LogP contribution is -2.45. The largest absolute Gasteiger partial charge is 0.504 e. The normalized spacial score (nSPS) is 30.2. The van der Waals surface area contributed by atoms with Crippen molar-refractivity contribution in [3.05, 3.63) is 23.8 Å². The average Bonchev–Trinajstić information content (AvgIpc) is 2.26. The first-order chi connectivity index (χ1) is 7.58. The minimum absolute atomic E-state index is 0.0877. The van der Waals surface area contributed by atoms with E-state index < -0.39 is 0 Å². The molecule has 0 aromatic heterocycles. The summed E-state index contributed by atoms with van der Waals surface area (Å²) in [6.07, 6.45) is 0.0624. The zero-order chi connectivity index (χ0) is 11.7. The molecule has 1 aliphatic rings. The maximum atomic E-state index is 9.46. The van der Waals surface area contributed by atoms with Crippen LogP contribution in [0.3, 0.4) is 0 Å². The molecule has 0 spiro atoms. The number of hydrogen-bond donors (Lipinski definition) is 3. The molecule has 1 heterocycles. The summed E-state index contributed by atoms with van der Waals surface area (Å²) < 4.78 is 5.82. The van der Waals surface area contributed by atoms with Gasteiger partial charge >= 0.3 is 0 Å². The van der Waals surface area contributed by atoms with E-state index in [1.54, 1.807) is 12.1 Å². The van der Waals surface area contributed by atoms with E-state index >= 15 is 0 Å². The number of hydrogen-bond acceptors (Lipinski definition) is 4. The Hall–Kier alpha value is -1.26. The van der Waals surface area contributed by atoms with Gasteiger partial charge in [-0.1, -0.05) is 6.07 Å². The summed E-state index contributed by atoms with van der Waals surface area (Å²) >= 11 is 0. The van der Waals surface area contributed by atoms with Crippen molar-refractivity contribution in [2.45, 2.75) is 32.1 Å². The SMILES string of the molecule is CC1CNC(C)C(c2ccc(O)c(O)c2)O1. The van der Waals surface area contributed by atoms with Crippen molar-refractivity contribution in [3.63, 3.8) is 0 Å². The van der Waals surface area contributed by atoms with Gasteiger partial charge in [-0.2, -0.15) is 0 Å². The summed E-state index contributed by atoms with van der Waals surface area (Å²) in [5.74, 6) is -0.209. The Balaban J connectivity index is 2.24. The van der Waals surface area contributed by atoms with Crippen LogP contribution in [0.4, 0.5) is 0 Å². The Morgan fingerprint density at radius 3 is 2.69 bits per heavy atom. The van der Waals surface area contributed by atoms with Gasteiger partial charge in [0, 0.05) is 12.6 Å². The highest BCUT2D eigenvalue weighted by Gasteiger charge is 2.27. The molecule has 0 bridgehead atoms. The minimum Gasteiger partial charge on any atom is -0.504 e. The fourth-order valence-electron chi connectivity index (χ4n) is 1.96. The third kappa shape index (κ3) is 2.13. The Morgan fingerprint density at radius 1 is 1.25 bits per heavy atom. The second-order valence-electron chi connectivity index (χ2n) is 4.31. The highest BCUT2D eigenvalue weighted by molar-refractivity contribution is 5.41. The monoisotopic (exact) mass is 223 g/mol. The number of rotatable bonds is 1. The van der Waals surface area contributed by atoms with Crippen molar-refractivity contribution in [1.29, 1.82) is 0 Å². The van der Waals surface area contributed by atoms with Gasteiger partial charge in [0.1, 0.15) is 0 Å². The molecule has 4 heteroatoms. The molecular weight excluding hydrogens is 206 g/mol. The first-order valence-corrected chi connectivity index (χ1v) is 5.48. The zero-order valence-corrected chi connectivity index (χ0v) is 9.47. The van der Waals surface area contributed by atoms with Gasteiger partial charge in [-0.05, 0) is 31.5 Å². The van der Waals surface area contributed by atoms with E-state index in [-0.39, 0.29) is 29.7 Å². The molecule has 2 rings (SSSR count). The van der Waals surface area contributed by atoms with Crippen LogP contribution in [0.1, 0.15) is 25.5 Å². The van der Waals surface area contributed by atoms with Crippen molar-refractivity contribution in [1.82, 2.24) is 5.32 Å². The van der Waals surface area contributed by atoms with Crippen LogP contribution < -0.4 is 5.32 Å². The lowest BCUT2D eigenvalue weighted by molar-refractivity contribution is -0.0521. The van der Waals surface area contributed by atoms with E-state index in [1.165, 1.54) is 6.07 Å². The van der Waals surface area contributed by atoms with Gasteiger partial charge in [0.15, 0.2) is 11.5 Å². The highest BCUT2D eigenvalue weighted by Crippen LogP contribution is 2.32. The summed E-state index contributed by atoms with van der Waals surface area (Å²) in [6.45, 7) is 4.88. The Bertz CT molecular complexity index is 381. The van der Waals surface area contributed by atoms with Crippen LogP contribution in [0.25, 0.3) is 0 Å². The van der Waals surface area contributed by atoms with Crippen LogP contribution in [0.15, 0.2) is 18.2 Å². The first kappa shape index (κ1) is 11.2. The molecule has 0 radical (unpaired) electrons. The van der Waals surface area contributed by atoms with Gasteiger partial charge in [-0.3, -0.25) is 0 Å². The van der Waals surface area contributed by atoms with Gasteiger partial charge in [0.25, 0.3) is 0 Å². The van der Waals surface area contributed by atoms with E-state index in [9.17, 15) is 10.2 Å². The van der Waals surface area contributed by atoms with Crippen molar-refractivity contribution in [2.24, 2.45) is 0 Å². The Morgan fingerprint density at radius 2 is 2.00 bits per heavy atom. The van der Waals surface area contributed by atoms with Crippen LogP contribution in [0, 0.1) is 0 Å². The van der Waals surface area contributed by atoms with Crippen molar-refractivity contribution in [2.75, 3.05) is 6.54 Å². The van der Waals surface area contributed by atoms with E-state index in [1.807, 2.05) is 13.8 Å². The molecular formula is C12H17NO3. The summed E-state index contributed by atoms with van der Waals surface area (Å²) in [7, 11) is 0. The molecule has 16 heavy (non-hydrogen) atoms.